The maximum atomic E-state index is 12.7. The SMILES string of the molecule is COC(=O)c1ccc(NC(=O)/C(C#N)=C/c2cc(Br)c(OCc3cccc(C)c3)c(OC)c2)cc1. The number of nitriles is 1. The van der Waals surface area contributed by atoms with Crippen molar-refractivity contribution in [3.05, 3.63) is 93.0 Å². The molecule has 0 aliphatic rings. The highest BCUT2D eigenvalue weighted by Gasteiger charge is 2.15. The third kappa shape index (κ3) is 6.71. The predicted octanol–water partition coefficient (Wildman–Crippen LogP) is 5.68. The van der Waals surface area contributed by atoms with Gasteiger partial charge in [-0.25, -0.2) is 4.79 Å². The Morgan fingerprint density at radius 3 is 2.46 bits per heavy atom. The van der Waals surface area contributed by atoms with Gasteiger partial charge in [0.25, 0.3) is 5.91 Å². The molecule has 0 heterocycles. The van der Waals surface area contributed by atoms with Gasteiger partial charge in [-0.05, 0) is 76.5 Å². The number of ether oxygens (including phenoxy) is 3. The minimum Gasteiger partial charge on any atom is -0.493 e. The zero-order valence-corrected chi connectivity index (χ0v) is 21.0. The van der Waals surface area contributed by atoms with Crippen LogP contribution in [0.2, 0.25) is 0 Å². The summed E-state index contributed by atoms with van der Waals surface area (Å²) in [5.74, 6) is -0.103. The van der Waals surface area contributed by atoms with Crippen molar-refractivity contribution in [3.8, 4) is 17.6 Å². The van der Waals surface area contributed by atoms with E-state index in [1.165, 1.54) is 32.4 Å². The first-order chi connectivity index (χ1) is 16.8. The average Bonchev–Trinajstić information content (AvgIpc) is 2.86. The van der Waals surface area contributed by atoms with Gasteiger partial charge in [0.05, 0.1) is 24.3 Å². The molecular weight excluding hydrogens is 512 g/mol. The average molecular weight is 535 g/mol. The van der Waals surface area contributed by atoms with Crippen LogP contribution in [-0.2, 0) is 16.1 Å². The van der Waals surface area contributed by atoms with Crippen molar-refractivity contribution in [2.45, 2.75) is 13.5 Å². The van der Waals surface area contributed by atoms with Crippen molar-refractivity contribution in [3.63, 3.8) is 0 Å². The summed E-state index contributed by atoms with van der Waals surface area (Å²) in [5.41, 5.74) is 3.41. The number of benzene rings is 3. The van der Waals surface area contributed by atoms with Gasteiger partial charge in [0.2, 0.25) is 0 Å². The lowest BCUT2D eigenvalue weighted by molar-refractivity contribution is -0.112. The molecule has 0 radical (unpaired) electrons. The van der Waals surface area contributed by atoms with Crippen molar-refractivity contribution < 1.29 is 23.8 Å². The van der Waals surface area contributed by atoms with Gasteiger partial charge in [0, 0.05) is 5.69 Å². The van der Waals surface area contributed by atoms with Crippen LogP contribution >= 0.6 is 15.9 Å². The Bertz CT molecular complexity index is 1310. The van der Waals surface area contributed by atoms with E-state index >= 15 is 0 Å². The van der Waals surface area contributed by atoms with E-state index in [-0.39, 0.29) is 5.57 Å². The van der Waals surface area contributed by atoms with Crippen LogP contribution in [0.15, 0.2) is 70.7 Å². The van der Waals surface area contributed by atoms with Crippen LogP contribution < -0.4 is 14.8 Å². The van der Waals surface area contributed by atoms with Gasteiger partial charge in [0.15, 0.2) is 11.5 Å². The third-order valence-electron chi connectivity index (χ3n) is 4.96. The standard InChI is InChI=1S/C27H23BrN2O5/c1-17-5-4-6-18(11-17)16-35-25-23(28)13-19(14-24(25)33-2)12-21(15-29)26(31)30-22-9-7-20(8-10-22)27(32)34-3/h4-14H,16H2,1-3H3,(H,30,31)/b21-12+. The van der Waals surface area contributed by atoms with E-state index in [1.807, 2.05) is 37.3 Å². The highest BCUT2D eigenvalue weighted by Crippen LogP contribution is 2.38. The number of methoxy groups -OCH3 is 2. The lowest BCUT2D eigenvalue weighted by Gasteiger charge is -2.14. The molecule has 0 aromatic heterocycles. The molecule has 35 heavy (non-hydrogen) atoms. The molecule has 0 saturated heterocycles. The van der Waals surface area contributed by atoms with Crippen molar-refractivity contribution in [2.24, 2.45) is 0 Å². The minimum atomic E-state index is -0.590. The molecule has 3 rings (SSSR count). The van der Waals surface area contributed by atoms with Crippen molar-refractivity contribution >= 4 is 39.6 Å². The van der Waals surface area contributed by atoms with Gasteiger partial charge in [-0.3, -0.25) is 4.79 Å². The highest BCUT2D eigenvalue weighted by atomic mass is 79.9. The topological polar surface area (TPSA) is 97.7 Å². The number of nitrogens with zero attached hydrogens (tertiary/aromatic N) is 1. The van der Waals surface area contributed by atoms with Gasteiger partial charge in [-0.1, -0.05) is 29.8 Å². The summed E-state index contributed by atoms with van der Waals surface area (Å²) in [6.45, 7) is 2.37. The van der Waals surface area contributed by atoms with Crippen LogP contribution in [0.1, 0.15) is 27.0 Å². The Morgan fingerprint density at radius 1 is 1.09 bits per heavy atom. The van der Waals surface area contributed by atoms with Gasteiger partial charge < -0.3 is 19.5 Å². The second kappa shape index (κ2) is 11.9. The Hall–Kier alpha value is -4.09. The van der Waals surface area contributed by atoms with Crippen LogP contribution in [-0.4, -0.2) is 26.1 Å². The fourth-order valence-corrected chi connectivity index (χ4v) is 3.82. The van der Waals surface area contributed by atoms with E-state index in [0.29, 0.717) is 39.4 Å². The summed E-state index contributed by atoms with van der Waals surface area (Å²) in [6.07, 6.45) is 1.45. The molecule has 0 fully saturated rings. The molecule has 0 saturated carbocycles. The van der Waals surface area contributed by atoms with E-state index in [2.05, 4.69) is 26.0 Å². The summed E-state index contributed by atoms with van der Waals surface area (Å²) in [5, 5.41) is 12.2. The molecule has 0 bridgehead atoms. The number of amides is 1. The van der Waals surface area contributed by atoms with E-state index < -0.39 is 11.9 Å². The molecule has 0 atom stereocenters. The summed E-state index contributed by atoms with van der Waals surface area (Å²) >= 11 is 3.50. The van der Waals surface area contributed by atoms with Crippen molar-refractivity contribution in [1.82, 2.24) is 0 Å². The quantitative estimate of drug-likeness (QED) is 0.227. The number of carbonyl (C=O) groups excluding carboxylic acids is 2. The summed E-state index contributed by atoms with van der Waals surface area (Å²) in [4.78, 5) is 24.2. The normalized spacial score (nSPS) is 10.8. The summed E-state index contributed by atoms with van der Waals surface area (Å²) in [7, 11) is 2.81. The Labute approximate surface area is 212 Å². The number of esters is 1. The number of hydrogen-bond acceptors (Lipinski definition) is 6. The second-order valence-electron chi connectivity index (χ2n) is 7.50. The van der Waals surface area contributed by atoms with Gasteiger partial charge in [0.1, 0.15) is 18.2 Å². The molecule has 178 valence electrons. The summed E-state index contributed by atoms with van der Waals surface area (Å²) in [6, 6.07) is 19.5. The third-order valence-corrected chi connectivity index (χ3v) is 5.55. The van der Waals surface area contributed by atoms with Crippen molar-refractivity contribution in [2.75, 3.05) is 19.5 Å². The zero-order chi connectivity index (χ0) is 25.4. The lowest BCUT2D eigenvalue weighted by Crippen LogP contribution is -2.13. The predicted molar refractivity (Wildman–Crippen MR) is 136 cm³/mol. The molecule has 3 aromatic carbocycles. The Balaban J connectivity index is 1.78. The number of anilines is 1. The molecule has 8 heteroatoms. The molecule has 1 amide bonds. The maximum Gasteiger partial charge on any atom is 0.337 e. The van der Waals surface area contributed by atoms with E-state index in [0.717, 1.165) is 11.1 Å². The van der Waals surface area contributed by atoms with Crippen molar-refractivity contribution in [1.29, 1.82) is 5.26 Å². The molecule has 0 unspecified atom stereocenters. The maximum absolute atomic E-state index is 12.7. The fourth-order valence-electron chi connectivity index (χ4n) is 3.24. The molecule has 0 spiro atoms. The first-order valence-corrected chi connectivity index (χ1v) is 11.3. The molecule has 3 aromatic rings. The fraction of sp³-hybridized carbons (Fsp3) is 0.148. The molecule has 7 nitrogen and oxygen atoms in total. The molecule has 0 aliphatic carbocycles. The number of rotatable bonds is 8. The highest BCUT2D eigenvalue weighted by molar-refractivity contribution is 9.10. The zero-order valence-electron chi connectivity index (χ0n) is 19.4. The molecule has 0 aliphatic heterocycles. The van der Waals surface area contributed by atoms with Gasteiger partial charge in [-0.15, -0.1) is 0 Å². The summed E-state index contributed by atoms with van der Waals surface area (Å²) < 4.78 is 16.7. The van der Waals surface area contributed by atoms with Crippen LogP contribution in [0.4, 0.5) is 5.69 Å². The van der Waals surface area contributed by atoms with Crippen LogP contribution in [0.25, 0.3) is 6.08 Å². The van der Waals surface area contributed by atoms with E-state index in [9.17, 15) is 14.9 Å². The lowest BCUT2D eigenvalue weighted by atomic mass is 10.1. The van der Waals surface area contributed by atoms with E-state index in [4.69, 9.17) is 9.47 Å². The number of nitrogens with one attached hydrogen (secondary N) is 1. The number of halogens is 1. The molecular formula is C27H23BrN2O5. The molecule has 1 N–H and O–H groups in total. The van der Waals surface area contributed by atoms with Crippen LogP contribution in [0, 0.1) is 18.3 Å². The monoisotopic (exact) mass is 534 g/mol. The van der Waals surface area contributed by atoms with Gasteiger partial charge >= 0.3 is 5.97 Å². The van der Waals surface area contributed by atoms with E-state index in [1.54, 1.807) is 24.3 Å². The largest absolute Gasteiger partial charge is 0.493 e. The number of carbonyl (C=O) groups is 2. The van der Waals surface area contributed by atoms with Crippen LogP contribution in [0.3, 0.4) is 0 Å². The Morgan fingerprint density at radius 2 is 1.83 bits per heavy atom. The minimum absolute atomic E-state index is 0.107. The smallest absolute Gasteiger partial charge is 0.337 e. The number of aryl methyl sites for hydroxylation is 1. The van der Waals surface area contributed by atoms with Gasteiger partial charge in [-0.2, -0.15) is 5.26 Å². The number of hydrogen-bond donors (Lipinski definition) is 1. The Kier molecular flexibility index (Phi) is 8.65. The first kappa shape index (κ1) is 25.5. The first-order valence-electron chi connectivity index (χ1n) is 10.5. The van der Waals surface area contributed by atoms with Crippen LogP contribution in [0.5, 0.6) is 11.5 Å². The second-order valence-corrected chi connectivity index (χ2v) is 8.36.